The fraction of sp³-hybridized carbons (Fsp3) is 0.143. The van der Waals surface area contributed by atoms with E-state index in [9.17, 15) is 4.21 Å². The molecular formula is C14H14BrNOS. The van der Waals surface area contributed by atoms with E-state index in [0.29, 0.717) is 11.4 Å². The first-order valence-electron chi connectivity index (χ1n) is 5.56. The van der Waals surface area contributed by atoms with Gasteiger partial charge in [-0.05, 0) is 31.2 Å². The van der Waals surface area contributed by atoms with Crippen molar-refractivity contribution in [2.45, 2.75) is 17.6 Å². The molecule has 2 aromatic rings. The average molecular weight is 324 g/mol. The minimum atomic E-state index is -1.07. The van der Waals surface area contributed by atoms with Crippen LogP contribution in [0.1, 0.15) is 11.1 Å². The largest absolute Gasteiger partial charge is 0.398 e. The normalized spacial score (nSPS) is 12.3. The highest BCUT2D eigenvalue weighted by atomic mass is 79.9. The lowest BCUT2D eigenvalue weighted by Crippen LogP contribution is -2.01. The molecule has 0 fully saturated rings. The van der Waals surface area contributed by atoms with E-state index in [-0.39, 0.29) is 0 Å². The van der Waals surface area contributed by atoms with E-state index < -0.39 is 10.8 Å². The van der Waals surface area contributed by atoms with Gasteiger partial charge in [0, 0.05) is 20.6 Å². The molecule has 1 atom stereocenters. The Hall–Kier alpha value is -1.13. The molecular weight excluding hydrogens is 310 g/mol. The molecule has 0 saturated heterocycles. The Labute approximate surface area is 118 Å². The second-order valence-electron chi connectivity index (χ2n) is 4.11. The number of halogens is 1. The number of hydrogen-bond acceptors (Lipinski definition) is 2. The third kappa shape index (κ3) is 3.00. The van der Waals surface area contributed by atoms with Crippen molar-refractivity contribution in [1.82, 2.24) is 0 Å². The SMILES string of the molecule is Cc1ccc(S(=O)Cc2c(N)cccc2Br)cc1. The van der Waals surface area contributed by atoms with Crippen LogP contribution < -0.4 is 5.73 Å². The van der Waals surface area contributed by atoms with Crippen molar-refractivity contribution >= 4 is 32.4 Å². The Morgan fingerprint density at radius 2 is 1.83 bits per heavy atom. The van der Waals surface area contributed by atoms with Gasteiger partial charge >= 0.3 is 0 Å². The van der Waals surface area contributed by atoms with Gasteiger partial charge in [0.1, 0.15) is 0 Å². The van der Waals surface area contributed by atoms with E-state index in [1.165, 1.54) is 0 Å². The van der Waals surface area contributed by atoms with Gasteiger partial charge in [-0.2, -0.15) is 0 Å². The molecule has 0 heterocycles. The lowest BCUT2D eigenvalue weighted by atomic mass is 10.2. The van der Waals surface area contributed by atoms with Crippen molar-refractivity contribution in [1.29, 1.82) is 0 Å². The summed E-state index contributed by atoms with van der Waals surface area (Å²) in [6.45, 7) is 2.01. The summed E-state index contributed by atoms with van der Waals surface area (Å²) in [6.07, 6.45) is 0. The monoisotopic (exact) mass is 323 g/mol. The second kappa shape index (κ2) is 5.67. The van der Waals surface area contributed by atoms with Crippen molar-refractivity contribution in [2.75, 3.05) is 5.73 Å². The molecule has 18 heavy (non-hydrogen) atoms. The van der Waals surface area contributed by atoms with Crippen LogP contribution in [0.3, 0.4) is 0 Å². The maximum atomic E-state index is 12.3. The summed E-state index contributed by atoms with van der Waals surface area (Å²) in [5, 5.41) is 0. The minimum absolute atomic E-state index is 0.427. The van der Waals surface area contributed by atoms with Crippen LogP contribution >= 0.6 is 15.9 Å². The number of nitrogens with two attached hydrogens (primary N) is 1. The molecule has 0 bridgehead atoms. The third-order valence-electron chi connectivity index (χ3n) is 2.71. The van der Waals surface area contributed by atoms with Gasteiger partial charge in [0.2, 0.25) is 0 Å². The highest BCUT2D eigenvalue weighted by Gasteiger charge is 2.10. The zero-order chi connectivity index (χ0) is 13.1. The molecule has 0 radical (unpaired) electrons. The maximum Gasteiger partial charge on any atom is 0.0575 e. The number of aryl methyl sites for hydroxylation is 1. The Morgan fingerprint density at radius 3 is 2.44 bits per heavy atom. The Kier molecular flexibility index (Phi) is 4.19. The summed E-state index contributed by atoms with van der Waals surface area (Å²) < 4.78 is 13.2. The fourth-order valence-electron chi connectivity index (χ4n) is 1.63. The number of hydrogen-bond donors (Lipinski definition) is 1. The molecule has 0 aromatic heterocycles. The standard InChI is InChI=1S/C14H14BrNOS/c1-10-5-7-11(8-6-10)18(17)9-12-13(15)3-2-4-14(12)16/h2-8H,9,16H2,1H3. The first-order chi connectivity index (χ1) is 8.58. The molecule has 2 aromatic carbocycles. The molecule has 0 spiro atoms. The maximum absolute atomic E-state index is 12.3. The molecule has 0 amide bonds. The van der Waals surface area contributed by atoms with E-state index in [1.807, 2.05) is 49.4 Å². The summed E-state index contributed by atoms with van der Waals surface area (Å²) in [5.41, 5.74) is 8.64. The first kappa shape index (κ1) is 13.3. The van der Waals surface area contributed by atoms with Crippen LogP contribution in [0.25, 0.3) is 0 Å². The van der Waals surface area contributed by atoms with Crippen LogP contribution in [0.5, 0.6) is 0 Å². The number of rotatable bonds is 3. The molecule has 2 N–H and O–H groups in total. The smallest absolute Gasteiger partial charge is 0.0575 e. The predicted molar refractivity (Wildman–Crippen MR) is 79.8 cm³/mol. The van der Waals surface area contributed by atoms with Gasteiger partial charge < -0.3 is 5.73 Å². The molecule has 2 rings (SSSR count). The van der Waals surface area contributed by atoms with E-state index in [0.717, 1.165) is 20.5 Å². The summed E-state index contributed by atoms with van der Waals surface area (Å²) in [5.74, 6) is 0.427. The average Bonchev–Trinajstić information content (AvgIpc) is 2.34. The van der Waals surface area contributed by atoms with Crippen molar-refractivity contribution in [3.8, 4) is 0 Å². The van der Waals surface area contributed by atoms with Gasteiger partial charge in [-0.25, -0.2) is 0 Å². The van der Waals surface area contributed by atoms with Gasteiger partial charge in [-0.3, -0.25) is 4.21 Å². The molecule has 1 unspecified atom stereocenters. The zero-order valence-electron chi connectivity index (χ0n) is 10.0. The van der Waals surface area contributed by atoms with E-state index >= 15 is 0 Å². The molecule has 0 saturated carbocycles. The van der Waals surface area contributed by atoms with Gasteiger partial charge in [0.05, 0.1) is 16.6 Å². The highest BCUT2D eigenvalue weighted by Crippen LogP contribution is 2.25. The van der Waals surface area contributed by atoms with Gasteiger partial charge in [0.15, 0.2) is 0 Å². The molecule has 0 aliphatic heterocycles. The van der Waals surface area contributed by atoms with Crippen LogP contribution in [0.2, 0.25) is 0 Å². The van der Waals surface area contributed by atoms with E-state index in [4.69, 9.17) is 5.73 Å². The number of benzene rings is 2. The van der Waals surface area contributed by atoms with Crippen LogP contribution in [-0.2, 0) is 16.6 Å². The molecule has 2 nitrogen and oxygen atoms in total. The molecule has 0 aliphatic rings. The molecule has 0 aliphatic carbocycles. The zero-order valence-corrected chi connectivity index (χ0v) is 12.4. The number of nitrogen functional groups attached to an aromatic ring is 1. The quantitative estimate of drug-likeness (QED) is 0.876. The van der Waals surface area contributed by atoms with Gasteiger partial charge in [-0.1, -0.05) is 39.7 Å². The van der Waals surface area contributed by atoms with Crippen LogP contribution in [0.15, 0.2) is 51.8 Å². The van der Waals surface area contributed by atoms with Crippen LogP contribution in [0, 0.1) is 6.92 Å². The number of anilines is 1. The van der Waals surface area contributed by atoms with E-state index in [2.05, 4.69) is 15.9 Å². The third-order valence-corrected chi connectivity index (χ3v) is 4.81. The van der Waals surface area contributed by atoms with Crippen molar-refractivity contribution in [3.63, 3.8) is 0 Å². The Balaban J connectivity index is 2.24. The summed E-state index contributed by atoms with van der Waals surface area (Å²) in [7, 11) is -1.07. The van der Waals surface area contributed by atoms with Crippen molar-refractivity contribution in [2.24, 2.45) is 0 Å². The van der Waals surface area contributed by atoms with Gasteiger partial charge in [0.25, 0.3) is 0 Å². The molecule has 94 valence electrons. The fourth-order valence-corrected chi connectivity index (χ4v) is 3.53. The van der Waals surface area contributed by atoms with Crippen LogP contribution in [0.4, 0.5) is 5.69 Å². The summed E-state index contributed by atoms with van der Waals surface area (Å²) >= 11 is 3.45. The minimum Gasteiger partial charge on any atom is -0.398 e. The van der Waals surface area contributed by atoms with E-state index in [1.54, 1.807) is 0 Å². The Bertz CT molecular complexity index is 561. The first-order valence-corrected chi connectivity index (χ1v) is 7.67. The lowest BCUT2D eigenvalue weighted by Gasteiger charge is -2.08. The second-order valence-corrected chi connectivity index (χ2v) is 6.42. The molecule has 4 heteroatoms. The Morgan fingerprint density at radius 1 is 1.17 bits per heavy atom. The summed E-state index contributed by atoms with van der Waals surface area (Å²) in [6, 6.07) is 13.4. The lowest BCUT2D eigenvalue weighted by molar-refractivity contribution is 0.682. The predicted octanol–water partition coefficient (Wildman–Crippen LogP) is 3.65. The summed E-state index contributed by atoms with van der Waals surface area (Å²) in [4.78, 5) is 0.829. The topological polar surface area (TPSA) is 43.1 Å². The van der Waals surface area contributed by atoms with Crippen molar-refractivity contribution in [3.05, 3.63) is 58.1 Å². The van der Waals surface area contributed by atoms with Gasteiger partial charge in [-0.15, -0.1) is 0 Å². The van der Waals surface area contributed by atoms with Crippen LogP contribution in [-0.4, -0.2) is 4.21 Å². The highest BCUT2D eigenvalue weighted by molar-refractivity contribution is 9.10. The van der Waals surface area contributed by atoms with Crippen molar-refractivity contribution < 1.29 is 4.21 Å².